The van der Waals surface area contributed by atoms with E-state index in [0.29, 0.717) is 6.10 Å². The highest BCUT2D eigenvalue weighted by Crippen LogP contribution is 2.31. The number of rotatable bonds is 5. The van der Waals surface area contributed by atoms with Crippen molar-refractivity contribution in [2.24, 2.45) is 5.92 Å². The first-order valence-electron chi connectivity index (χ1n) is 7.97. The van der Waals surface area contributed by atoms with Crippen molar-refractivity contribution in [1.82, 2.24) is 9.80 Å². The molecule has 1 aromatic heterocycles. The van der Waals surface area contributed by atoms with E-state index in [1.165, 1.54) is 50.3 Å². The minimum Gasteiger partial charge on any atom is -0.377 e. The fourth-order valence-electron chi connectivity index (χ4n) is 3.50. The van der Waals surface area contributed by atoms with Crippen molar-refractivity contribution in [3.8, 4) is 0 Å². The zero-order valence-corrected chi connectivity index (χ0v) is 12.9. The van der Waals surface area contributed by atoms with Crippen LogP contribution in [0.2, 0.25) is 0 Å². The van der Waals surface area contributed by atoms with Gasteiger partial charge in [-0.3, -0.25) is 9.80 Å². The standard InChI is InChI=1S/C16H24N2OS/c1-2-16(20-7-1)11-17-5-6-18-10-15(8-14(18)9-17)19-12-13-3-4-13/h1-2,7,13-15H,3-6,8-12H2/t14-,15-/m1/s1. The molecular weight excluding hydrogens is 268 g/mol. The molecule has 0 bridgehead atoms. The summed E-state index contributed by atoms with van der Waals surface area (Å²) in [6, 6.07) is 5.15. The smallest absolute Gasteiger partial charge is 0.0717 e. The Morgan fingerprint density at radius 1 is 1.25 bits per heavy atom. The lowest BCUT2D eigenvalue weighted by molar-refractivity contribution is 0.0508. The summed E-state index contributed by atoms with van der Waals surface area (Å²) in [6.45, 7) is 6.98. The molecule has 2 atom stereocenters. The van der Waals surface area contributed by atoms with E-state index in [2.05, 4.69) is 27.3 Å². The molecule has 0 radical (unpaired) electrons. The number of fused-ring (bicyclic) bond motifs is 1. The lowest BCUT2D eigenvalue weighted by atomic mass is 10.1. The molecule has 4 rings (SSSR count). The van der Waals surface area contributed by atoms with Crippen LogP contribution in [0.1, 0.15) is 24.1 Å². The molecule has 3 nitrogen and oxygen atoms in total. The van der Waals surface area contributed by atoms with Crippen LogP contribution in [0.15, 0.2) is 17.5 Å². The van der Waals surface area contributed by atoms with Crippen LogP contribution < -0.4 is 0 Å². The largest absolute Gasteiger partial charge is 0.377 e. The molecular formula is C16H24N2OS. The van der Waals surface area contributed by atoms with Crippen molar-refractivity contribution >= 4 is 11.3 Å². The Morgan fingerprint density at radius 2 is 2.20 bits per heavy atom. The Hall–Kier alpha value is -0.420. The molecule has 1 aliphatic carbocycles. The molecule has 20 heavy (non-hydrogen) atoms. The van der Waals surface area contributed by atoms with Gasteiger partial charge in [-0.25, -0.2) is 0 Å². The van der Waals surface area contributed by atoms with Crippen LogP contribution in [0.25, 0.3) is 0 Å². The summed E-state index contributed by atoms with van der Waals surface area (Å²) in [5.41, 5.74) is 0. The van der Waals surface area contributed by atoms with Gasteiger partial charge in [0.15, 0.2) is 0 Å². The van der Waals surface area contributed by atoms with Gasteiger partial charge in [0.05, 0.1) is 6.10 Å². The zero-order chi connectivity index (χ0) is 13.4. The molecule has 3 heterocycles. The molecule has 0 spiro atoms. The number of nitrogens with zero attached hydrogens (tertiary/aromatic N) is 2. The Kier molecular flexibility index (Phi) is 3.82. The second kappa shape index (κ2) is 5.76. The molecule has 0 amide bonds. The van der Waals surface area contributed by atoms with Gasteiger partial charge in [0, 0.05) is 50.2 Å². The Bertz CT molecular complexity index is 432. The third kappa shape index (κ3) is 3.08. The third-order valence-electron chi connectivity index (χ3n) is 4.89. The van der Waals surface area contributed by atoms with Crippen molar-refractivity contribution in [3.63, 3.8) is 0 Å². The summed E-state index contributed by atoms with van der Waals surface area (Å²) in [7, 11) is 0. The SMILES string of the molecule is c1csc(CN2CCN3C[C@H](OCC4CC4)C[C@@H]3C2)c1. The summed E-state index contributed by atoms with van der Waals surface area (Å²) in [6.07, 6.45) is 4.54. The van der Waals surface area contributed by atoms with Gasteiger partial charge in [-0.2, -0.15) is 0 Å². The number of piperazine rings is 1. The highest BCUT2D eigenvalue weighted by Gasteiger charge is 2.37. The lowest BCUT2D eigenvalue weighted by Crippen LogP contribution is -2.49. The quantitative estimate of drug-likeness (QED) is 0.829. The summed E-state index contributed by atoms with van der Waals surface area (Å²) in [5, 5.41) is 2.18. The first-order chi connectivity index (χ1) is 9.87. The monoisotopic (exact) mass is 292 g/mol. The van der Waals surface area contributed by atoms with Gasteiger partial charge in [-0.1, -0.05) is 6.07 Å². The van der Waals surface area contributed by atoms with Crippen molar-refractivity contribution in [3.05, 3.63) is 22.4 Å². The molecule has 1 aromatic rings. The molecule has 2 aliphatic heterocycles. The average molecular weight is 292 g/mol. The summed E-state index contributed by atoms with van der Waals surface area (Å²) in [5.74, 6) is 0.892. The van der Waals surface area contributed by atoms with E-state index < -0.39 is 0 Å². The summed E-state index contributed by atoms with van der Waals surface area (Å²) < 4.78 is 6.10. The lowest BCUT2D eigenvalue weighted by Gasteiger charge is -2.37. The van der Waals surface area contributed by atoms with Crippen molar-refractivity contribution in [2.75, 3.05) is 32.8 Å². The van der Waals surface area contributed by atoms with Crippen LogP contribution in [0.5, 0.6) is 0 Å². The summed E-state index contributed by atoms with van der Waals surface area (Å²) in [4.78, 5) is 6.77. The fourth-order valence-corrected chi connectivity index (χ4v) is 4.25. The highest BCUT2D eigenvalue weighted by atomic mass is 32.1. The molecule has 3 aliphatic rings. The van der Waals surface area contributed by atoms with Crippen molar-refractivity contribution in [1.29, 1.82) is 0 Å². The first-order valence-corrected chi connectivity index (χ1v) is 8.85. The first kappa shape index (κ1) is 13.3. The normalized spacial score (nSPS) is 31.6. The third-order valence-corrected chi connectivity index (χ3v) is 5.75. The summed E-state index contributed by atoms with van der Waals surface area (Å²) >= 11 is 1.88. The second-order valence-electron chi connectivity index (χ2n) is 6.60. The van der Waals surface area contributed by atoms with Gasteiger partial charge in [0.25, 0.3) is 0 Å². The van der Waals surface area contributed by atoms with Crippen molar-refractivity contribution in [2.45, 2.75) is 38.0 Å². The molecule has 2 saturated heterocycles. The molecule has 3 fully saturated rings. The van der Waals surface area contributed by atoms with E-state index in [1.54, 1.807) is 0 Å². The van der Waals surface area contributed by atoms with E-state index in [9.17, 15) is 0 Å². The Labute approximate surface area is 125 Å². The van der Waals surface area contributed by atoms with E-state index in [0.717, 1.165) is 25.1 Å². The van der Waals surface area contributed by atoms with Gasteiger partial charge in [0.1, 0.15) is 0 Å². The van der Waals surface area contributed by atoms with Crippen LogP contribution in [-0.4, -0.2) is 54.7 Å². The van der Waals surface area contributed by atoms with E-state index in [-0.39, 0.29) is 0 Å². The Morgan fingerprint density at radius 3 is 3.00 bits per heavy atom. The number of ether oxygens (including phenoxy) is 1. The predicted molar refractivity (Wildman–Crippen MR) is 82.0 cm³/mol. The number of hydrogen-bond acceptors (Lipinski definition) is 4. The molecule has 0 aromatic carbocycles. The predicted octanol–water partition coefficient (Wildman–Crippen LogP) is 2.43. The van der Waals surface area contributed by atoms with E-state index in [1.807, 2.05) is 11.3 Å². The maximum atomic E-state index is 6.10. The van der Waals surface area contributed by atoms with Gasteiger partial charge in [-0.05, 0) is 36.6 Å². The van der Waals surface area contributed by atoms with Gasteiger partial charge < -0.3 is 4.74 Å². The number of thiophene rings is 1. The van der Waals surface area contributed by atoms with Crippen LogP contribution >= 0.6 is 11.3 Å². The minimum absolute atomic E-state index is 0.502. The van der Waals surface area contributed by atoms with E-state index >= 15 is 0 Å². The van der Waals surface area contributed by atoms with Crippen LogP contribution in [0.4, 0.5) is 0 Å². The molecule has 1 saturated carbocycles. The average Bonchev–Trinajstić information content (AvgIpc) is 2.97. The minimum atomic E-state index is 0.502. The van der Waals surface area contributed by atoms with Crippen LogP contribution in [0, 0.1) is 5.92 Å². The van der Waals surface area contributed by atoms with Crippen molar-refractivity contribution < 1.29 is 4.74 Å². The Balaban J connectivity index is 1.28. The molecule has 4 heteroatoms. The van der Waals surface area contributed by atoms with Gasteiger partial charge in [0.2, 0.25) is 0 Å². The zero-order valence-electron chi connectivity index (χ0n) is 12.0. The van der Waals surface area contributed by atoms with Crippen LogP contribution in [-0.2, 0) is 11.3 Å². The topological polar surface area (TPSA) is 15.7 Å². The van der Waals surface area contributed by atoms with Gasteiger partial charge in [-0.15, -0.1) is 11.3 Å². The molecule has 110 valence electrons. The van der Waals surface area contributed by atoms with Gasteiger partial charge >= 0.3 is 0 Å². The number of hydrogen-bond donors (Lipinski definition) is 0. The highest BCUT2D eigenvalue weighted by molar-refractivity contribution is 7.09. The second-order valence-corrected chi connectivity index (χ2v) is 7.63. The molecule has 0 N–H and O–H groups in total. The molecule has 0 unspecified atom stereocenters. The van der Waals surface area contributed by atoms with Crippen LogP contribution in [0.3, 0.4) is 0 Å². The maximum Gasteiger partial charge on any atom is 0.0717 e. The fraction of sp³-hybridized carbons (Fsp3) is 0.750. The van der Waals surface area contributed by atoms with E-state index in [4.69, 9.17) is 4.74 Å². The maximum absolute atomic E-state index is 6.10.